The van der Waals surface area contributed by atoms with Crippen molar-refractivity contribution in [1.29, 1.82) is 0 Å². The topological polar surface area (TPSA) is 115 Å². The summed E-state index contributed by atoms with van der Waals surface area (Å²) in [6.07, 6.45) is 0.591. The Balaban J connectivity index is 0.000000646. The number of aryl methyl sites for hydroxylation is 1. The van der Waals surface area contributed by atoms with Gasteiger partial charge >= 0.3 is 6.09 Å². The molecule has 2 rings (SSSR count). The molecule has 2 N–H and O–H groups in total. The van der Waals surface area contributed by atoms with Gasteiger partial charge in [-0.1, -0.05) is 27.7 Å². The minimum absolute atomic E-state index is 0.205. The van der Waals surface area contributed by atoms with Crippen molar-refractivity contribution in [2.75, 3.05) is 17.1 Å². The van der Waals surface area contributed by atoms with E-state index in [1.54, 1.807) is 0 Å². The molecule has 8 nitrogen and oxygen atoms in total. The number of nitrogens with zero attached hydrogens (tertiary/aromatic N) is 1. The molecule has 1 aromatic rings. The van der Waals surface area contributed by atoms with Gasteiger partial charge in [0.2, 0.25) is 10.0 Å². The fourth-order valence-corrected chi connectivity index (χ4v) is 3.66. The quantitative estimate of drug-likeness (QED) is 0.800. The highest BCUT2D eigenvalue weighted by molar-refractivity contribution is 7.92. The van der Waals surface area contributed by atoms with Crippen molar-refractivity contribution in [3.63, 3.8) is 0 Å². The summed E-state index contributed by atoms with van der Waals surface area (Å²) in [6, 6.07) is 2.63. The first-order chi connectivity index (χ1) is 12.3. The van der Waals surface area contributed by atoms with Crippen LogP contribution in [-0.4, -0.2) is 42.6 Å². The van der Waals surface area contributed by atoms with E-state index in [-0.39, 0.29) is 17.1 Å². The molecule has 0 aromatic carbocycles. The van der Waals surface area contributed by atoms with Crippen LogP contribution in [0.2, 0.25) is 0 Å². The fourth-order valence-electron chi connectivity index (χ4n) is 2.34. The summed E-state index contributed by atoms with van der Waals surface area (Å²) in [5.41, 5.74) is -0.500. The number of anilines is 1. The largest absolute Gasteiger partial charge is 0.464 e. The zero-order chi connectivity index (χ0) is 20.8. The standard InChI is InChI=1S/C13H18N2O6S.C5H12/c1-9-5-6-11(12(16)15(9)13(17)18)14-22(19,20)8-10-4-2-3-7-21-10;1-5(2,3)4/h5-6,10,14H,2-4,7-8H2,1H3,(H,17,18);1-4H3. The fraction of sp³-hybridized carbons (Fsp3) is 0.667. The molecule has 27 heavy (non-hydrogen) atoms. The maximum atomic E-state index is 12.1. The van der Waals surface area contributed by atoms with Crippen LogP contribution in [0.4, 0.5) is 10.5 Å². The molecule has 1 aliphatic rings. The summed E-state index contributed by atoms with van der Waals surface area (Å²) in [5.74, 6) is -0.257. The van der Waals surface area contributed by atoms with Gasteiger partial charge in [0.05, 0.1) is 11.9 Å². The SMILES string of the molecule is CC(C)(C)C.Cc1ccc(NS(=O)(=O)CC2CCCCO2)c(=O)n1C(=O)O. The van der Waals surface area contributed by atoms with Crippen LogP contribution in [0.5, 0.6) is 0 Å². The number of hydrogen-bond acceptors (Lipinski definition) is 5. The summed E-state index contributed by atoms with van der Waals surface area (Å²) in [5, 5.41) is 9.00. The molecule has 0 bridgehead atoms. The van der Waals surface area contributed by atoms with E-state index in [4.69, 9.17) is 9.84 Å². The van der Waals surface area contributed by atoms with Gasteiger partial charge < -0.3 is 9.84 Å². The minimum Gasteiger partial charge on any atom is -0.464 e. The second-order valence-electron chi connectivity index (χ2n) is 8.18. The van der Waals surface area contributed by atoms with E-state index in [0.29, 0.717) is 23.0 Å². The summed E-state index contributed by atoms with van der Waals surface area (Å²) >= 11 is 0. The Hall–Kier alpha value is -1.87. The Bertz CT molecular complexity index is 796. The van der Waals surface area contributed by atoms with Gasteiger partial charge in [-0.15, -0.1) is 0 Å². The first kappa shape index (κ1) is 23.2. The van der Waals surface area contributed by atoms with Crippen molar-refractivity contribution >= 4 is 21.8 Å². The van der Waals surface area contributed by atoms with E-state index in [2.05, 4.69) is 32.4 Å². The molecule has 2 heterocycles. The third-order valence-electron chi connectivity index (χ3n) is 3.41. The highest BCUT2D eigenvalue weighted by atomic mass is 32.2. The van der Waals surface area contributed by atoms with E-state index >= 15 is 0 Å². The van der Waals surface area contributed by atoms with Crippen LogP contribution in [0, 0.1) is 12.3 Å². The lowest BCUT2D eigenvalue weighted by Gasteiger charge is -2.22. The molecule has 0 aliphatic carbocycles. The van der Waals surface area contributed by atoms with Crippen molar-refractivity contribution in [1.82, 2.24) is 4.57 Å². The van der Waals surface area contributed by atoms with Gasteiger partial charge in [0.1, 0.15) is 5.69 Å². The smallest absolute Gasteiger partial charge is 0.418 e. The van der Waals surface area contributed by atoms with E-state index in [1.807, 2.05) is 0 Å². The number of pyridine rings is 1. The maximum absolute atomic E-state index is 12.1. The first-order valence-electron chi connectivity index (χ1n) is 8.88. The normalized spacial score (nSPS) is 17.6. The van der Waals surface area contributed by atoms with Crippen molar-refractivity contribution < 1.29 is 23.1 Å². The van der Waals surface area contributed by atoms with Crippen LogP contribution in [0.15, 0.2) is 16.9 Å². The lowest BCUT2D eigenvalue weighted by Crippen LogP contribution is -2.34. The summed E-state index contributed by atoms with van der Waals surface area (Å²) in [7, 11) is -3.79. The average Bonchev–Trinajstić information content (AvgIpc) is 2.49. The Morgan fingerprint density at radius 3 is 2.37 bits per heavy atom. The molecular formula is C18H30N2O6S. The van der Waals surface area contributed by atoms with Crippen LogP contribution < -0.4 is 10.3 Å². The summed E-state index contributed by atoms with van der Waals surface area (Å²) < 4.78 is 32.2. The van der Waals surface area contributed by atoms with Crippen LogP contribution in [0.25, 0.3) is 0 Å². The maximum Gasteiger partial charge on any atom is 0.418 e. The third-order valence-corrected chi connectivity index (χ3v) is 4.75. The van der Waals surface area contributed by atoms with Gasteiger partial charge in [-0.2, -0.15) is 0 Å². The minimum atomic E-state index is -3.79. The lowest BCUT2D eigenvalue weighted by molar-refractivity contribution is 0.0306. The lowest BCUT2D eigenvalue weighted by atomic mass is 10.0. The van der Waals surface area contributed by atoms with Gasteiger partial charge in [0.25, 0.3) is 5.56 Å². The molecule has 154 valence electrons. The van der Waals surface area contributed by atoms with E-state index in [0.717, 1.165) is 12.8 Å². The average molecular weight is 403 g/mol. The van der Waals surface area contributed by atoms with Gasteiger partial charge in [-0.05, 0) is 43.7 Å². The van der Waals surface area contributed by atoms with Crippen LogP contribution in [-0.2, 0) is 14.8 Å². The number of carboxylic acid groups (broad SMARTS) is 1. The number of nitrogens with one attached hydrogen (secondary N) is 1. The summed E-state index contributed by atoms with van der Waals surface area (Å²) in [6.45, 7) is 10.7. The number of rotatable bonds is 4. The number of ether oxygens (including phenoxy) is 1. The second-order valence-corrected chi connectivity index (χ2v) is 9.95. The highest BCUT2D eigenvalue weighted by Crippen LogP contribution is 2.15. The molecule has 9 heteroatoms. The van der Waals surface area contributed by atoms with Crippen molar-refractivity contribution in [2.24, 2.45) is 5.41 Å². The number of hydrogen-bond donors (Lipinski definition) is 2. The van der Waals surface area contributed by atoms with E-state index in [9.17, 15) is 18.0 Å². The second kappa shape index (κ2) is 9.36. The van der Waals surface area contributed by atoms with Gasteiger partial charge in [0.15, 0.2) is 0 Å². The highest BCUT2D eigenvalue weighted by Gasteiger charge is 2.23. The van der Waals surface area contributed by atoms with Crippen molar-refractivity contribution in [3.05, 3.63) is 28.2 Å². The van der Waals surface area contributed by atoms with Crippen molar-refractivity contribution in [2.45, 2.75) is 60.0 Å². The van der Waals surface area contributed by atoms with Gasteiger partial charge in [-0.3, -0.25) is 9.52 Å². The molecule has 0 spiro atoms. The Morgan fingerprint density at radius 1 is 1.30 bits per heavy atom. The molecule has 1 atom stereocenters. The first-order valence-corrected chi connectivity index (χ1v) is 10.5. The Labute approximate surface area is 160 Å². The monoisotopic (exact) mass is 402 g/mol. The zero-order valence-electron chi connectivity index (χ0n) is 16.6. The molecule has 1 fully saturated rings. The predicted molar refractivity (Wildman–Crippen MR) is 105 cm³/mol. The molecule has 1 saturated heterocycles. The molecule has 1 aliphatic heterocycles. The molecule has 1 unspecified atom stereocenters. The van der Waals surface area contributed by atoms with Gasteiger partial charge in [0, 0.05) is 12.3 Å². The zero-order valence-corrected chi connectivity index (χ0v) is 17.4. The van der Waals surface area contributed by atoms with Crippen LogP contribution in [0.3, 0.4) is 0 Å². The van der Waals surface area contributed by atoms with E-state index < -0.39 is 27.8 Å². The molecular weight excluding hydrogens is 372 g/mol. The van der Waals surface area contributed by atoms with Crippen molar-refractivity contribution in [3.8, 4) is 0 Å². The van der Waals surface area contributed by atoms with E-state index in [1.165, 1.54) is 19.1 Å². The molecule has 0 radical (unpaired) electrons. The predicted octanol–water partition coefficient (Wildman–Crippen LogP) is 3.05. The van der Waals surface area contributed by atoms with Crippen LogP contribution >= 0.6 is 0 Å². The molecule has 1 aromatic heterocycles. The third kappa shape index (κ3) is 8.57. The van der Waals surface area contributed by atoms with Gasteiger partial charge in [-0.25, -0.2) is 17.8 Å². The Kier molecular flexibility index (Phi) is 8.04. The number of sulfonamides is 1. The number of carbonyl (C=O) groups is 1. The van der Waals surface area contributed by atoms with Crippen LogP contribution in [0.1, 0.15) is 52.7 Å². The summed E-state index contributed by atoms with van der Waals surface area (Å²) in [4.78, 5) is 23.1. The molecule has 0 amide bonds. The number of aromatic nitrogens is 1. The Morgan fingerprint density at radius 2 is 1.89 bits per heavy atom. The molecule has 0 saturated carbocycles.